The second-order valence-electron chi connectivity index (χ2n) is 5.95. The summed E-state index contributed by atoms with van der Waals surface area (Å²) in [4.78, 5) is 2.31. The minimum absolute atomic E-state index is 0.177. The van der Waals surface area contributed by atoms with Crippen LogP contribution in [-0.4, -0.2) is 42.3 Å². The van der Waals surface area contributed by atoms with Crippen LogP contribution < -0.4 is 5.32 Å². The Balaban J connectivity index is 1.92. The first-order chi connectivity index (χ1) is 10.2. The smallest absolute Gasteiger partial charge is 0.123 e. The summed E-state index contributed by atoms with van der Waals surface area (Å²) in [6.45, 7) is 5.83. The third-order valence-electron chi connectivity index (χ3n) is 4.11. The summed E-state index contributed by atoms with van der Waals surface area (Å²) in [5.41, 5.74) is 1.01. The lowest BCUT2D eigenvalue weighted by atomic mass is 10.0. The van der Waals surface area contributed by atoms with Gasteiger partial charge >= 0.3 is 0 Å². The van der Waals surface area contributed by atoms with E-state index >= 15 is 0 Å². The lowest BCUT2D eigenvalue weighted by molar-refractivity contribution is 0.0685. The monoisotopic (exact) mass is 294 g/mol. The van der Waals surface area contributed by atoms with E-state index in [1.165, 1.54) is 6.07 Å². The minimum atomic E-state index is -0.185. The average Bonchev–Trinajstić information content (AvgIpc) is 2.47. The van der Waals surface area contributed by atoms with Gasteiger partial charge in [0.2, 0.25) is 0 Å². The van der Waals surface area contributed by atoms with Crippen LogP contribution in [0.25, 0.3) is 0 Å². The van der Waals surface area contributed by atoms with Gasteiger partial charge in [-0.15, -0.1) is 0 Å². The van der Waals surface area contributed by atoms with Crippen LogP contribution in [0.15, 0.2) is 24.3 Å². The summed E-state index contributed by atoms with van der Waals surface area (Å²) in [7, 11) is 0. The molecular weight excluding hydrogens is 267 g/mol. The molecule has 0 radical (unpaired) electrons. The molecule has 1 heterocycles. The van der Waals surface area contributed by atoms with Gasteiger partial charge in [0.1, 0.15) is 5.82 Å². The Bertz CT molecular complexity index is 427. The van der Waals surface area contributed by atoms with Crippen molar-refractivity contribution < 1.29 is 9.50 Å². The first-order valence-electron chi connectivity index (χ1n) is 8.08. The van der Waals surface area contributed by atoms with E-state index in [0.29, 0.717) is 0 Å². The highest BCUT2D eigenvalue weighted by molar-refractivity contribution is 5.20. The van der Waals surface area contributed by atoms with Crippen molar-refractivity contribution in [3.8, 4) is 0 Å². The highest BCUT2D eigenvalue weighted by Gasteiger charge is 2.19. The summed E-state index contributed by atoms with van der Waals surface area (Å²) < 4.78 is 13.4. The van der Waals surface area contributed by atoms with E-state index in [1.807, 2.05) is 6.07 Å². The van der Waals surface area contributed by atoms with Gasteiger partial charge in [-0.05, 0) is 56.5 Å². The van der Waals surface area contributed by atoms with Gasteiger partial charge in [0, 0.05) is 19.1 Å². The molecule has 21 heavy (non-hydrogen) atoms. The van der Waals surface area contributed by atoms with Crippen LogP contribution in [0.3, 0.4) is 0 Å². The Hall–Kier alpha value is -0.970. The van der Waals surface area contributed by atoms with E-state index in [0.717, 1.165) is 57.4 Å². The molecule has 2 atom stereocenters. The van der Waals surface area contributed by atoms with Gasteiger partial charge in [0.25, 0.3) is 0 Å². The molecule has 2 N–H and O–H groups in total. The zero-order chi connectivity index (χ0) is 15.1. The molecule has 2 rings (SSSR count). The highest BCUT2D eigenvalue weighted by Crippen LogP contribution is 2.20. The van der Waals surface area contributed by atoms with Gasteiger partial charge in [-0.2, -0.15) is 0 Å². The Morgan fingerprint density at radius 1 is 1.48 bits per heavy atom. The van der Waals surface area contributed by atoms with Crippen molar-refractivity contribution >= 4 is 0 Å². The number of piperidine rings is 1. The van der Waals surface area contributed by atoms with E-state index in [1.54, 1.807) is 12.1 Å². The molecule has 118 valence electrons. The van der Waals surface area contributed by atoms with Gasteiger partial charge in [0.15, 0.2) is 0 Å². The Morgan fingerprint density at radius 3 is 3.05 bits per heavy atom. The number of likely N-dealkylation sites (tertiary alicyclic amines) is 1. The van der Waals surface area contributed by atoms with Crippen LogP contribution in [-0.2, 0) is 0 Å². The maximum atomic E-state index is 13.4. The molecule has 0 spiro atoms. The van der Waals surface area contributed by atoms with Crippen molar-refractivity contribution in [2.45, 2.75) is 44.8 Å². The summed E-state index contributed by atoms with van der Waals surface area (Å²) in [5, 5.41) is 13.2. The van der Waals surface area contributed by atoms with E-state index in [4.69, 9.17) is 0 Å². The van der Waals surface area contributed by atoms with Crippen molar-refractivity contribution in [1.82, 2.24) is 10.2 Å². The number of β-amino-alcohol motifs (C(OH)–C–C–N with tert-alkyl or cyclic N) is 1. The summed E-state index contributed by atoms with van der Waals surface area (Å²) in [5.74, 6) is -0.177. The Labute approximate surface area is 127 Å². The van der Waals surface area contributed by atoms with Crippen LogP contribution in [0.4, 0.5) is 4.39 Å². The fourth-order valence-electron chi connectivity index (χ4n) is 2.97. The summed E-state index contributed by atoms with van der Waals surface area (Å²) in [6, 6.07) is 7.05. The number of halogens is 1. The molecule has 1 aromatic carbocycles. The van der Waals surface area contributed by atoms with Crippen LogP contribution in [0.2, 0.25) is 0 Å². The van der Waals surface area contributed by atoms with Crippen LogP contribution in [0.5, 0.6) is 0 Å². The van der Waals surface area contributed by atoms with E-state index < -0.39 is 0 Å². The number of hydrogen-bond donors (Lipinski definition) is 2. The largest absolute Gasteiger partial charge is 0.392 e. The quantitative estimate of drug-likeness (QED) is 0.811. The SMILES string of the molecule is CCCNC(CCN1CCCC(O)C1)c1cccc(F)c1. The third-order valence-corrected chi connectivity index (χ3v) is 4.11. The molecule has 1 saturated heterocycles. The maximum absolute atomic E-state index is 13.4. The average molecular weight is 294 g/mol. The van der Waals surface area contributed by atoms with E-state index in [9.17, 15) is 9.50 Å². The van der Waals surface area contributed by atoms with Crippen molar-refractivity contribution in [3.63, 3.8) is 0 Å². The van der Waals surface area contributed by atoms with Gasteiger partial charge in [-0.25, -0.2) is 4.39 Å². The molecule has 0 amide bonds. The van der Waals surface area contributed by atoms with Crippen molar-refractivity contribution in [1.29, 1.82) is 0 Å². The molecule has 0 bridgehead atoms. The van der Waals surface area contributed by atoms with Gasteiger partial charge in [0.05, 0.1) is 6.10 Å². The normalized spacial score (nSPS) is 21.4. The first-order valence-corrected chi connectivity index (χ1v) is 8.08. The standard InChI is InChI=1S/C17H27FN2O/c1-2-9-19-17(14-5-3-6-15(18)12-14)8-11-20-10-4-7-16(21)13-20/h3,5-6,12,16-17,19,21H,2,4,7-11,13H2,1H3. The van der Waals surface area contributed by atoms with Crippen molar-refractivity contribution in [2.75, 3.05) is 26.2 Å². The molecule has 0 saturated carbocycles. The number of aliphatic hydroxyl groups excluding tert-OH is 1. The van der Waals surface area contributed by atoms with E-state index in [2.05, 4.69) is 17.1 Å². The van der Waals surface area contributed by atoms with Crippen LogP contribution in [0, 0.1) is 5.82 Å². The second kappa shape index (κ2) is 8.47. The van der Waals surface area contributed by atoms with E-state index in [-0.39, 0.29) is 18.0 Å². The lowest BCUT2D eigenvalue weighted by Crippen LogP contribution is -2.39. The molecule has 1 aliphatic rings. The minimum Gasteiger partial charge on any atom is -0.392 e. The number of nitrogens with one attached hydrogen (secondary N) is 1. The number of hydrogen-bond acceptors (Lipinski definition) is 3. The number of nitrogens with zero attached hydrogens (tertiary/aromatic N) is 1. The Kier molecular flexibility index (Phi) is 6.61. The molecule has 1 fully saturated rings. The maximum Gasteiger partial charge on any atom is 0.123 e. The topological polar surface area (TPSA) is 35.5 Å². The molecular formula is C17H27FN2O. The van der Waals surface area contributed by atoms with Gasteiger partial charge in [-0.1, -0.05) is 19.1 Å². The number of aliphatic hydroxyl groups is 1. The van der Waals surface area contributed by atoms with Gasteiger partial charge < -0.3 is 15.3 Å². The summed E-state index contributed by atoms with van der Waals surface area (Å²) in [6.07, 6.45) is 3.80. The molecule has 0 aliphatic carbocycles. The molecule has 1 aromatic rings. The van der Waals surface area contributed by atoms with Crippen molar-refractivity contribution in [2.24, 2.45) is 0 Å². The molecule has 4 heteroatoms. The molecule has 3 nitrogen and oxygen atoms in total. The molecule has 2 unspecified atom stereocenters. The first kappa shape index (κ1) is 16.4. The predicted octanol–water partition coefficient (Wildman–Crippen LogP) is 2.71. The number of benzene rings is 1. The zero-order valence-corrected chi connectivity index (χ0v) is 12.9. The van der Waals surface area contributed by atoms with Crippen molar-refractivity contribution in [3.05, 3.63) is 35.6 Å². The van der Waals surface area contributed by atoms with Crippen LogP contribution in [0.1, 0.15) is 44.2 Å². The summed E-state index contributed by atoms with van der Waals surface area (Å²) >= 11 is 0. The number of rotatable bonds is 7. The fraction of sp³-hybridized carbons (Fsp3) is 0.647. The molecule has 0 aromatic heterocycles. The zero-order valence-electron chi connectivity index (χ0n) is 12.9. The predicted molar refractivity (Wildman–Crippen MR) is 83.7 cm³/mol. The highest BCUT2D eigenvalue weighted by atomic mass is 19.1. The molecule has 1 aliphatic heterocycles. The Morgan fingerprint density at radius 2 is 2.33 bits per heavy atom. The fourth-order valence-corrected chi connectivity index (χ4v) is 2.97. The third kappa shape index (κ3) is 5.38. The van der Waals surface area contributed by atoms with Crippen LogP contribution >= 0.6 is 0 Å². The lowest BCUT2D eigenvalue weighted by Gasteiger charge is -2.31. The second-order valence-corrected chi connectivity index (χ2v) is 5.95. The van der Waals surface area contributed by atoms with Gasteiger partial charge in [-0.3, -0.25) is 0 Å².